The van der Waals surface area contributed by atoms with Crippen LogP contribution in [0.4, 0.5) is 4.39 Å². The Bertz CT molecular complexity index is 466. The summed E-state index contributed by atoms with van der Waals surface area (Å²) >= 11 is 3.18. The molecular weight excluding hydrogens is 315 g/mol. The van der Waals surface area contributed by atoms with Gasteiger partial charge in [0.15, 0.2) is 5.82 Å². The first-order valence-electron chi connectivity index (χ1n) is 6.49. The van der Waals surface area contributed by atoms with Crippen molar-refractivity contribution in [3.05, 3.63) is 22.6 Å². The zero-order chi connectivity index (χ0) is 13.3. The second-order valence-corrected chi connectivity index (χ2v) is 6.04. The van der Waals surface area contributed by atoms with Crippen molar-refractivity contribution in [2.45, 2.75) is 31.0 Å². The van der Waals surface area contributed by atoms with Crippen LogP contribution in [-0.4, -0.2) is 36.4 Å². The van der Waals surface area contributed by atoms with Crippen molar-refractivity contribution in [3.63, 3.8) is 0 Å². The maximum Gasteiger partial charge on any atom is 0.250 e. The molecule has 6 heteroatoms. The largest absolute Gasteiger partial charge is 0.470 e. The lowest BCUT2D eigenvalue weighted by Crippen LogP contribution is -2.41. The number of nitrogens with zero attached hydrogens (tertiary/aromatic N) is 1. The molecule has 104 valence electrons. The van der Waals surface area contributed by atoms with E-state index in [9.17, 15) is 4.39 Å². The fourth-order valence-corrected chi connectivity index (χ4v) is 3.06. The lowest BCUT2D eigenvalue weighted by Gasteiger charge is -2.32. The molecule has 2 aliphatic heterocycles. The summed E-state index contributed by atoms with van der Waals surface area (Å²) in [5.74, 6) is -0.386. The first kappa shape index (κ1) is 13.3. The van der Waals surface area contributed by atoms with Crippen molar-refractivity contribution in [2.24, 2.45) is 0 Å². The van der Waals surface area contributed by atoms with E-state index in [4.69, 9.17) is 9.47 Å². The lowest BCUT2D eigenvalue weighted by atomic mass is 9.89. The van der Waals surface area contributed by atoms with Gasteiger partial charge in [0, 0.05) is 17.1 Å². The monoisotopic (exact) mass is 330 g/mol. The van der Waals surface area contributed by atoms with Crippen LogP contribution in [0.1, 0.15) is 19.3 Å². The van der Waals surface area contributed by atoms with Gasteiger partial charge in [-0.1, -0.05) is 0 Å². The third-order valence-corrected chi connectivity index (χ3v) is 4.18. The van der Waals surface area contributed by atoms with Crippen LogP contribution in [0.25, 0.3) is 0 Å². The minimum atomic E-state index is -0.444. The number of rotatable bonds is 2. The molecule has 1 aromatic heterocycles. The summed E-state index contributed by atoms with van der Waals surface area (Å²) in [6, 6.07) is 1.36. The molecule has 1 unspecified atom stereocenters. The summed E-state index contributed by atoms with van der Waals surface area (Å²) in [5.41, 5.74) is -0.0816. The maximum absolute atomic E-state index is 13.7. The smallest absolute Gasteiger partial charge is 0.250 e. The molecule has 0 radical (unpaired) electrons. The van der Waals surface area contributed by atoms with Gasteiger partial charge in [-0.15, -0.1) is 0 Å². The molecule has 0 amide bonds. The average molecular weight is 331 g/mol. The van der Waals surface area contributed by atoms with E-state index in [2.05, 4.69) is 26.2 Å². The zero-order valence-electron chi connectivity index (χ0n) is 10.5. The van der Waals surface area contributed by atoms with E-state index in [1.54, 1.807) is 0 Å². The van der Waals surface area contributed by atoms with Crippen LogP contribution in [0.15, 0.2) is 16.7 Å². The summed E-state index contributed by atoms with van der Waals surface area (Å²) in [6.45, 7) is 2.45. The van der Waals surface area contributed by atoms with Crippen molar-refractivity contribution in [1.82, 2.24) is 10.3 Å². The van der Waals surface area contributed by atoms with Gasteiger partial charge in [0.25, 0.3) is 5.88 Å². The second-order valence-electron chi connectivity index (χ2n) is 5.13. The number of pyridine rings is 1. The standard InChI is InChI=1S/C13H16BrFN2O2/c14-9-5-11(15)12(17-7-9)19-10-6-13(18-8-10)1-3-16-4-2-13/h5,7,10,16H,1-4,6,8H2. The van der Waals surface area contributed by atoms with Crippen LogP contribution >= 0.6 is 15.9 Å². The highest BCUT2D eigenvalue weighted by Crippen LogP contribution is 2.35. The van der Waals surface area contributed by atoms with E-state index >= 15 is 0 Å². The predicted molar refractivity (Wildman–Crippen MR) is 71.7 cm³/mol. The van der Waals surface area contributed by atoms with Gasteiger partial charge in [-0.3, -0.25) is 0 Å². The van der Waals surface area contributed by atoms with Crippen LogP contribution in [0.2, 0.25) is 0 Å². The molecule has 4 nitrogen and oxygen atoms in total. The van der Waals surface area contributed by atoms with E-state index in [1.165, 1.54) is 12.3 Å². The Morgan fingerprint density at radius 2 is 2.26 bits per heavy atom. The van der Waals surface area contributed by atoms with Crippen LogP contribution in [0.3, 0.4) is 0 Å². The third kappa shape index (κ3) is 2.90. The molecular formula is C13H16BrFN2O2. The summed E-state index contributed by atoms with van der Waals surface area (Å²) in [7, 11) is 0. The molecule has 19 heavy (non-hydrogen) atoms. The minimum absolute atomic E-state index is 0.0581. The Balaban J connectivity index is 1.65. The van der Waals surface area contributed by atoms with E-state index < -0.39 is 5.82 Å². The first-order chi connectivity index (χ1) is 9.17. The molecule has 2 fully saturated rings. The molecule has 2 aliphatic rings. The number of hydrogen-bond acceptors (Lipinski definition) is 4. The topological polar surface area (TPSA) is 43.4 Å². The fraction of sp³-hybridized carbons (Fsp3) is 0.615. The normalized spacial score (nSPS) is 25.7. The molecule has 0 bridgehead atoms. The van der Waals surface area contributed by atoms with E-state index in [0.29, 0.717) is 11.1 Å². The van der Waals surface area contributed by atoms with Gasteiger partial charge >= 0.3 is 0 Å². The van der Waals surface area contributed by atoms with Crippen molar-refractivity contribution in [2.75, 3.05) is 19.7 Å². The maximum atomic E-state index is 13.7. The van der Waals surface area contributed by atoms with Crippen molar-refractivity contribution in [3.8, 4) is 5.88 Å². The molecule has 3 heterocycles. The number of piperidine rings is 1. The lowest BCUT2D eigenvalue weighted by molar-refractivity contribution is -0.0206. The first-order valence-corrected chi connectivity index (χ1v) is 7.29. The van der Waals surface area contributed by atoms with Gasteiger partial charge in [0.1, 0.15) is 6.10 Å². The van der Waals surface area contributed by atoms with Gasteiger partial charge < -0.3 is 14.8 Å². The van der Waals surface area contributed by atoms with Crippen LogP contribution in [0.5, 0.6) is 5.88 Å². The van der Waals surface area contributed by atoms with Crippen LogP contribution in [0, 0.1) is 5.82 Å². The Kier molecular flexibility index (Phi) is 3.73. The number of nitrogens with one attached hydrogen (secondary N) is 1. The predicted octanol–water partition coefficient (Wildman–Crippen LogP) is 2.27. The quantitative estimate of drug-likeness (QED) is 0.903. The van der Waals surface area contributed by atoms with Gasteiger partial charge in [-0.25, -0.2) is 9.37 Å². The number of ether oxygens (including phenoxy) is 2. The van der Waals surface area contributed by atoms with E-state index in [0.717, 1.165) is 32.4 Å². The molecule has 0 aliphatic carbocycles. The third-order valence-electron chi connectivity index (χ3n) is 3.74. The molecule has 1 spiro atoms. The van der Waals surface area contributed by atoms with Crippen molar-refractivity contribution in [1.29, 1.82) is 0 Å². The number of halogens is 2. The summed E-state index contributed by atoms with van der Waals surface area (Å²) in [6.07, 6.45) is 4.22. The van der Waals surface area contributed by atoms with Crippen LogP contribution in [-0.2, 0) is 4.74 Å². The Labute approximate surface area is 119 Å². The molecule has 1 aromatic rings. The molecule has 0 aromatic carbocycles. The van der Waals surface area contributed by atoms with Crippen LogP contribution < -0.4 is 10.1 Å². The SMILES string of the molecule is Fc1cc(Br)cnc1OC1COC2(CCNCC2)C1. The Hall–Kier alpha value is -0.720. The zero-order valence-corrected chi connectivity index (χ0v) is 12.1. The van der Waals surface area contributed by atoms with Gasteiger partial charge in [0.05, 0.1) is 12.2 Å². The average Bonchev–Trinajstić information content (AvgIpc) is 2.77. The van der Waals surface area contributed by atoms with E-state index in [-0.39, 0.29) is 17.6 Å². The summed E-state index contributed by atoms with van der Waals surface area (Å²) < 4.78 is 25.8. The highest BCUT2D eigenvalue weighted by molar-refractivity contribution is 9.10. The molecule has 1 N–H and O–H groups in total. The number of hydrogen-bond donors (Lipinski definition) is 1. The van der Waals surface area contributed by atoms with Crippen molar-refractivity contribution < 1.29 is 13.9 Å². The molecule has 1 atom stereocenters. The Morgan fingerprint density at radius 1 is 1.47 bits per heavy atom. The molecule has 2 saturated heterocycles. The van der Waals surface area contributed by atoms with Gasteiger partial charge in [0.2, 0.25) is 0 Å². The second kappa shape index (κ2) is 5.34. The molecule has 0 saturated carbocycles. The van der Waals surface area contributed by atoms with Crippen molar-refractivity contribution >= 4 is 15.9 Å². The minimum Gasteiger partial charge on any atom is -0.470 e. The van der Waals surface area contributed by atoms with Gasteiger partial charge in [-0.2, -0.15) is 0 Å². The highest BCUT2D eigenvalue weighted by atomic mass is 79.9. The van der Waals surface area contributed by atoms with E-state index in [1.807, 2.05) is 0 Å². The fourth-order valence-electron chi connectivity index (χ4n) is 2.76. The van der Waals surface area contributed by atoms with Gasteiger partial charge in [-0.05, 0) is 47.9 Å². The Morgan fingerprint density at radius 3 is 3.00 bits per heavy atom. The summed E-state index contributed by atoms with van der Waals surface area (Å²) in [5, 5.41) is 3.32. The molecule has 3 rings (SSSR count). The number of aromatic nitrogens is 1. The summed E-state index contributed by atoms with van der Waals surface area (Å²) in [4.78, 5) is 3.96. The highest BCUT2D eigenvalue weighted by Gasteiger charge is 2.42.